The lowest BCUT2D eigenvalue weighted by Gasteiger charge is -2.11. The smallest absolute Gasteiger partial charge is 0.358 e. The average Bonchev–Trinajstić information content (AvgIpc) is 2.81. The van der Waals surface area contributed by atoms with E-state index in [9.17, 15) is 9.59 Å². The van der Waals surface area contributed by atoms with Gasteiger partial charge in [0.2, 0.25) is 5.91 Å². The van der Waals surface area contributed by atoms with E-state index >= 15 is 0 Å². The number of amides is 1. The first-order valence-corrected chi connectivity index (χ1v) is 5.62. The molecule has 18 heavy (non-hydrogen) atoms. The van der Waals surface area contributed by atoms with Crippen LogP contribution in [-0.2, 0) is 9.53 Å². The summed E-state index contributed by atoms with van der Waals surface area (Å²) in [4.78, 5) is 30.2. The molecular weight excluding hydrogens is 236 g/mol. The van der Waals surface area contributed by atoms with Crippen molar-refractivity contribution in [3.8, 4) is 0 Å². The molecule has 2 N–H and O–H groups in total. The molecule has 0 radical (unpaired) electrons. The van der Waals surface area contributed by atoms with Gasteiger partial charge in [0.05, 0.1) is 19.5 Å². The minimum absolute atomic E-state index is 0.0659. The number of nitrogens with zero attached hydrogens (tertiary/aromatic N) is 2. The fourth-order valence-corrected chi connectivity index (χ4v) is 1.71. The monoisotopic (exact) mass is 250 g/mol. The second-order valence-electron chi connectivity index (χ2n) is 3.97. The van der Waals surface area contributed by atoms with Crippen LogP contribution in [0.15, 0.2) is 12.4 Å². The Morgan fingerprint density at radius 3 is 3.11 bits per heavy atom. The SMILES string of the molecule is COC(=O)c1cncc(NCC2CCC(=O)N2)n1. The van der Waals surface area contributed by atoms with Crippen molar-refractivity contribution in [2.45, 2.75) is 18.9 Å². The number of ether oxygens (including phenoxy) is 1. The highest BCUT2D eigenvalue weighted by molar-refractivity contribution is 5.87. The quantitative estimate of drug-likeness (QED) is 0.728. The van der Waals surface area contributed by atoms with Crippen LogP contribution in [0.3, 0.4) is 0 Å². The molecule has 1 aliphatic heterocycles. The predicted molar refractivity (Wildman–Crippen MR) is 63.0 cm³/mol. The Hall–Kier alpha value is -2.18. The molecule has 1 aromatic heterocycles. The Bertz CT molecular complexity index is 463. The van der Waals surface area contributed by atoms with Crippen molar-refractivity contribution in [2.24, 2.45) is 0 Å². The fraction of sp³-hybridized carbons (Fsp3) is 0.455. The van der Waals surface area contributed by atoms with Gasteiger partial charge in [-0.25, -0.2) is 9.78 Å². The topological polar surface area (TPSA) is 93.2 Å². The van der Waals surface area contributed by atoms with Gasteiger partial charge in [-0.2, -0.15) is 0 Å². The Kier molecular flexibility index (Phi) is 3.71. The van der Waals surface area contributed by atoms with Gasteiger partial charge < -0.3 is 15.4 Å². The molecule has 0 aliphatic carbocycles. The summed E-state index contributed by atoms with van der Waals surface area (Å²) in [6, 6.07) is 0.0982. The maximum Gasteiger partial charge on any atom is 0.358 e. The molecular formula is C11H14N4O3. The summed E-state index contributed by atoms with van der Waals surface area (Å²) >= 11 is 0. The average molecular weight is 250 g/mol. The number of carbonyl (C=O) groups is 2. The van der Waals surface area contributed by atoms with Crippen LogP contribution in [0.1, 0.15) is 23.3 Å². The molecule has 7 nitrogen and oxygen atoms in total. The molecule has 1 fully saturated rings. The van der Waals surface area contributed by atoms with Gasteiger partial charge >= 0.3 is 5.97 Å². The van der Waals surface area contributed by atoms with Crippen LogP contribution in [-0.4, -0.2) is 41.5 Å². The van der Waals surface area contributed by atoms with E-state index in [1.807, 2.05) is 0 Å². The zero-order chi connectivity index (χ0) is 13.0. The number of hydrogen-bond acceptors (Lipinski definition) is 6. The molecule has 96 valence electrons. The van der Waals surface area contributed by atoms with Gasteiger partial charge in [-0.05, 0) is 6.42 Å². The molecule has 1 atom stereocenters. The van der Waals surface area contributed by atoms with E-state index in [0.717, 1.165) is 6.42 Å². The van der Waals surface area contributed by atoms with Crippen LogP contribution >= 0.6 is 0 Å². The zero-order valence-corrected chi connectivity index (χ0v) is 9.97. The van der Waals surface area contributed by atoms with E-state index in [2.05, 4.69) is 25.3 Å². The standard InChI is InChI=1S/C11H14N4O3/c1-18-11(17)8-5-12-6-9(15-8)13-4-7-2-3-10(16)14-7/h5-7H,2-4H2,1H3,(H,13,15)(H,14,16). The molecule has 1 unspecified atom stereocenters. The lowest BCUT2D eigenvalue weighted by molar-refractivity contribution is -0.119. The molecule has 0 aromatic carbocycles. The number of esters is 1. The summed E-state index contributed by atoms with van der Waals surface area (Å²) in [5.41, 5.74) is 0.151. The molecule has 2 heterocycles. The summed E-state index contributed by atoms with van der Waals surface area (Å²) in [5, 5.41) is 5.86. The van der Waals surface area contributed by atoms with Crippen molar-refractivity contribution in [3.05, 3.63) is 18.1 Å². The Morgan fingerprint density at radius 2 is 2.44 bits per heavy atom. The number of nitrogens with one attached hydrogen (secondary N) is 2. The highest BCUT2D eigenvalue weighted by Crippen LogP contribution is 2.08. The molecule has 0 spiro atoms. The van der Waals surface area contributed by atoms with Crippen LogP contribution in [0.5, 0.6) is 0 Å². The highest BCUT2D eigenvalue weighted by atomic mass is 16.5. The van der Waals surface area contributed by atoms with Gasteiger partial charge in [0.1, 0.15) is 5.82 Å². The molecule has 1 amide bonds. The zero-order valence-electron chi connectivity index (χ0n) is 9.97. The Labute approximate surface area is 104 Å². The van der Waals surface area contributed by atoms with Gasteiger partial charge in [0.15, 0.2) is 5.69 Å². The molecule has 1 saturated heterocycles. The Morgan fingerprint density at radius 1 is 1.61 bits per heavy atom. The lowest BCUT2D eigenvalue weighted by atomic mass is 10.2. The molecule has 2 rings (SSSR count). The largest absolute Gasteiger partial charge is 0.464 e. The van der Waals surface area contributed by atoms with E-state index < -0.39 is 5.97 Å². The van der Waals surface area contributed by atoms with Gasteiger partial charge in [0.25, 0.3) is 0 Å². The highest BCUT2D eigenvalue weighted by Gasteiger charge is 2.20. The van der Waals surface area contributed by atoms with Crippen molar-refractivity contribution < 1.29 is 14.3 Å². The fourth-order valence-electron chi connectivity index (χ4n) is 1.71. The van der Waals surface area contributed by atoms with Crippen LogP contribution in [0.25, 0.3) is 0 Å². The summed E-state index contributed by atoms with van der Waals surface area (Å²) in [6.45, 7) is 0.561. The van der Waals surface area contributed by atoms with Crippen LogP contribution in [0.2, 0.25) is 0 Å². The molecule has 1 aliphatic rings. The van der Waals surface area contributed by atoms with E-state index in [1.165, 1.54) is 19.5 Å². The summed E-state index contributed by atoms with van der Waals surface area (Å²) in [6.07, 6.45) is 4.22. The summed E-state index contributed by atoms with van der Waals surface area (Å²) in [5.74, 6) is 0.0237. The van der Waals surface area contributed by atoms with Crippen molar-refractivity contribution in [1.29, 1.82) is 0 Å². The molecule has 7 heteroatoms. The second-order valence-corrected chi connectivity index (χ2v) is 3.97. The Balaban J connectivity index is 1.93. The third-order valence-corrected chi connectivity index (χ3v) is 2.64. The second kappa shape index (κ2) is 5.44. The molecule has 1 aromatic rings. The third kappa shape index (κ3) is 2.93. The first-order valence-electron chi connectivity index (χ1n) is 5.62. The number of carbonyl (C=O) groups excluding carboxylic acids is 2. The van der Waals surface area contributed by atoms with Crippen LogP contribution < -0.4 is 10.6 Å². The number of aromatic nitrogens is 2. The lowest BCUT2D eigenvalue weighted by Crippen LogP contribution is -2.32. The van der Waals surface area contributed by atoms with Crippen molar-refractivity contribution >= 4 is 17.7 Å². The first-order chi connectivity index (χ1) is 8.69. The van der Waals surface area contributed by atoms with E-state index in [1.54, 1.807) is 0 Å². The first kappa shape index (κ1) is 12.3. The van der Waals surface area contributed by atoms with Crippen molar-refractivity contribution in [3.63, 3.8) is 0 Å². The van der Waals surface area contributed by atoms with Crippen molar-refractivity contribution in [1.82, 2.24) is 15.3 Å². The van der Waals surface area contributed by atoms with Crippen molar-refractivity contribution in [2.75, 3.05) is 19.0 Å². The summed E-state index contributed by atoms with van der Waals surface area (Å²) < 4.78 is 4.56. The maximum absolute atomic E-state index is 11.3. The minimum Gasteiger partial charge on any atom is -0.464 e. The number of rotatable bonds is 4. The molecule has 0 bridgehead atoms. The van der Waals surface area contributed by atoms with E-state index in [-0.39, 0.29) is 17.6 Å². The van der Waals surface area contributed by atoms with Gasteiger partial charge in [0, 0.05) is 19.0 Å². The maximum atomic E-state index is 11.3. The predicted octanol–water partition coefficient (Wildman–Crippen LogP) is -0.0463. The van der Waals surface area contributed by atoms with Gasteiger partial charge in [-0.3, -0.25) is 9.78 Å². The number of hydrogen-bond donors (Lipinski definition) is 2. The van der Waals surface area contributed by atoms with E-state index in [4.69, 9.17) is 0 Å². The molecule has 0 saturated carbocycles. The van der Waals surface area contributed by atoms with Crippen LogP contribution in [0, 0.1) is 0 Å². The van der Waals surface area contributed by atoms with Gasteiger partial charge in [-0.15, -0.1) is 0 Å². The summed E-state index contributed by atoms with van der Waals surface area (Å²) in [7, 11) is 1.29. The number of methoxy groups -OCH3 is 1. The number of anilines is 1. The van der Waals surface area contributed by atoms with E-state index in [0.29, 0.717) is 18.8 Å². The third-order valence-electron chi connectivity index (χ3n) is 2.64. The normalized spacial score (nSPS) is 18.3. The minimum atomic E-state index is -0.527. The van der Waals surface area contributed by atoms with Gasteiger partial charge in [-0.1, -0.05) is 0 Å². The van der Waals surface area contributed by atoms with Crippen LogP contribution in [0.4, 0.5) is 5.82 Å².